The molecular formula is C24H25BrN4O6. The molecular weight excluding hydrogens is 520 g/mol. The van der Waals surface area contributed by atoms with Crippen LogP contribution in [0.4, 0.5) is 4.79 Å². The van der Waals surface area contributed by atoms with Gasteiger partial charge in [0.2, 0.25) is 0 Å². The average Bonchev–Trinajstić information content (AvgIpc) is 2.82. The first-order valence-corrected chi connectivity index (χ1v) is 11.4. The fourth-order valence-electron chi connectivity index (χ4n) is 3.35. The van der Waals surface area contributed by atoms with Gasteiger partial charge in [-0.15, -0.1) is 0 Å². The number of rotatable bonds is 9. The summed E-state index contributed by atoms with van der Waals surface area (Å²) in [6.45, 7) is 3.23. The highest BCUT2D eigenvalue weighted by Gasteiger charge is 2.32. The van der Waals surface area contributed by atoms with E-state index >= 15 is 0 Å². The van der Waals surface area contributed by atoms with Gasteiger partial charge in [-0.25, -0.2) is 15.0 Å². The molecule has 10 nitrogen and oxygen atoms in total. The second-order valence-electron chi connectivity index (χ2n) is 7.34. The lowest BCUT2D eigenvalue weighted by atomic mass is 9.95. The Labute approximate surface area is 210 Å². The van der Waals surface area contributed by atoms with Crippen LogP contribution in [0.1, 0.15) is 31.0 Å². The number of nitrogens with zero attached hydrogens (tertiary/aromatic N) is 1. The average molecular weight is 545 g/mol. The minimum Gasteiger partial charge on any atom is -0.493 e. The van der Waals surface area contributed by atoms with Crippen LogP contribution in [0.5, 0.6) is 11.5 Å². The third kappa shape index (κ3) is 6.82. The van der Waals surface area contributed by atoms with Crippen molar-refractivity contribution >= 4 is 40.1 Å². The summed E-state index contributed by atoms with van der Waals surface area (Å²) in [5.41, 5.74) is 4.47. The van der Waals surface area contributed by atoms with E-state index in [0.717, 1.165) is 10.0 Å². The SMILES string of the molecule is CCOC(=O)C1=C(C)NC(=O)N[C@@H]1c1ccc(OCC(=O)N/N=C\c2cccc(Br)c2)c(OC)c1. The summed E-state index contributed by atoms with van der Waals surface area (Å²) in [4.78, 5) is 36.7. The van der Waals surface area contributed by atoms with Gasteiger partial charge in [-0.05, 0) is 49.2 Å². The second-order valence-corrected chi connectivity index (χ2v) is 8.25. The lowest BCUT2D eigenvalue weighted by Gasteiger charge is -2.28. The van der Waals surface area contributed by atoms with Crippen LogP contribution in [-0.2, 0) is 14.3 Å². The molecule has 2 aromatic carbocycles. The number of nitrogens with one attached hydrogen (secondary N) is 3. The topological polar surface area (TPSA) is 127 Å². The number of urea groups is 1. The van der Waals surface area contributed by atoms with Crippen molar-refractivity contribution in [3.8, 4) is 11.5 Å². The Balaban J connectivity index is 1.69. The summed E-state index contributed by atoms with van der Waals surface area (Å²) in [6.07, 6.45) is 1.52. The van der Waals surface area contributed by atoms with Gasteiger partial charge in [0.1, 0.15) is 0 Å². The zero-order valence-electron chi connectivity index (χ0n) is 19.4. The van der Waals surface area contributed by atoms with E-state index in [-0.39, 0.29) is 18.8 Å². The molecule has 0 spiro atoms. The van der Waals surface area contributed by atoms with Gasteiger partial charge in [0.15, 0.2) is 18.1 Å². The molecule has 0 fully saturated rings. The van der Waals surface area contributed by atoms with Crippen molar-refractivity contribution < 1.29 is 28.6 Å². The van der Waals surface area contributed by atoms with E-state index in [1.165, 1.54) is 13.3 Å². The van der Waals surface area contributed by atoms with Crippen LogP contribution in [-0.4, -0.2) is 44.4 Å². The van der Waals surface area contributed by atoms with Crippen LogP contribution in [0.15, 0.2) is 63.3 Å². The second kappa shape index (κ2) is 12.0. The highest BCUT2D eigenvalue weighted by Crippen LogP contribution is 2.34. The predicted octanol–water partition coefficient (Wildman–Crippen LogP) is 3.18. The van der Waals surface area contributed by atoms with E-state index in [4.69, 9.17) is 14.2 Å². The number of hydrogen-bond acceptors (Lipinski definition) is 7. The van der Waals surface area contributed by atoms with Crippen LogP contribution in [0.2, 0.25) is 0 Å². The highest BCUT2D eigenvalue weighted by atomic mass is 79.9. The number of carbonyl (C=O) groups is 3. The maximum Gasteiger partial charge on any atom is 0.338 e. The number of methoxy groups -OCH3 is 1. The summed E-state index contributed by atoms with van der Waals surface area (Å²) in [5.74, 6) is -0.374. The minimum absolute atomic E-state index is 0.196. The molecule has 1 aliphatic rings. The summed E-state index contributed by atoms with van der Waals surface area (Å²) < 4.78 is 17.0. The van der Waals surface area contributed by atoms with E-state index in [1.54, 1.807) is 32.0 Å². The first kappa shape index (κ1) is 25.8. The van der Waals surface area contributed by atoms with Crippen molar-refractivity contribution in [3.63, 3.8) is 0 Å². The largest absolute Gasteiger partial charge is 0.493 e. The highest BCUT2D eigenvalue weighted by molar-refractivity contribution is 9.10. The monoisotopic (exact) mass is 544 g/mol. The molecule has 0 aliphatic carbocycles. The van der Waals surface area contributed by atoms with Gasteiger partial charge in [0.25, 0.3) is 5.91 Å². The molecule has 35 heavy (non-hydrogen) atoms. The molecule has 11 heteroatoms. The number of amides is 3. The molecule has 3 amide bonds. The van der Waals surface area contributed by atoms with Gasteiger partial charge < -0.3 is 24.8 Å². The lowest BCUT2D eigenvalue weighted by Crippen LogP contribution is -2.45. The molecule has 0 aromatic heterocycles. The minimum atomic E-state index is -0.749. The molecule has 3 rings (SSSR count). The number of hydrogen-bond donors (Lipinski definition) is 3. The number of ether oxygens (including phenoxy) is 3. The first-order chi connectivity index (χ1) is 16.8. The molecule has 1 atom stereocenters. The maximum absolute atomic E-state index is 12.5. The molecule has 0 saturated carbocycles. The molecule has 2 aromatic rings. The zero-order valence-corrected chi connectivity index (χ0v) is 21.0. The number of allylic oxidation sites excluding steroid dienone is 1. The fourth-order valence-corrected chi connectivity index (χ4v) is 3.76. The normalized spacial score (nSPS) is 15.3. The molecule has 1 heterocycles. The quantitative estimate of drug-likeness (QED) is 0.253. The maximum atomic E-state index is 12.5. The number of carbonyl (C=O) groups excluding carboxylic acids is 3. The summed E-state index contributed by atoms with van der Waals surface area (Å²) in [7, 11) is 1.45. The summed E-state index contributed by atoms with van der Waals surface area (Å²) in [5, 5.41) is 9.23. The van der Waals surface area contributed by atoms with Gasteiger partial charge in [0, 0.05) is 10.2 Å². The molecule has 1 aliphatic heterocycles. The fraction of sp³-hybridized carbons (Fsp3) is 0.250. The van der Waals surface area contributed by atoms with Crippen LogP contribution in [0.3, 0.4) is 0 Å². The Bertz CT molecular complexity index is 1180. The van der Waals surface area contributed by atoms with E-state index in [0.29, 0.717) is 22.8 Å². The van der Waals surface area contributed by atoms with E-state index in [9.17, 15) is 14.4 Å². The van der Waals surface area contributed by atoms with E-state index in [1.807, 2.05) is 24.3 Å². The summed E-state index contributed by atoms with van der Waals surface area (Å²) >= 11 is 3.37. The number of benzene rings is 2. The third-order valence-electron chi connectivity index (χ3n) is 4.90. The Morgan fingerprint density at radius 3 is 2.71 bits per heavy atom. The Kier molecular flexibility index (Phi) is 8.85. The predicted molar refractivity (Wildman–Crippen MR) is 132 cm³/mol. The van der Waals surface area contributed by atoms with Gasteiger partial charge in [-0.3, -0.25) is 4.79 Å². The van der Waals surface area contributed by atoms with Crippen molar-refractivity contribution in [2.45, 2.75) is 19.9 Å². The molecule has 0 bridgehead atoms. The molecule has 0 saturated heterocycles. The Hall–Kier alpha value is -3.86. The van der Waals surface area contributed by atoms with Crippen LogP contribution in [0, 0.1) is 0 Å². The van der Waals surface area contributed by atoms with Gasteiger partial charge in [-0.1, -0.05) is 34.1 Å². The first-order valence-electron chi connectivity index (χ1n) is 10.7. The van der Waals surface area contributed by atoms with Gasteiger partial charge in [0.05, 0.1) is 31.5 Å². The van der Waals surface area contributed by atoms with Crippen LogP contribution >= 0.6 is 15.9 Å². The van der Waals surface area contributed by atoms with Crippen LogP contribution < -0.4 is 25.5 Å². The molecule has 184 valence electrons. The van der Waals surface area contributed by atoms with Crippen molar-refractivity contribution in [1.82, 2.24) is 16.1 Å². The molecule has 0 radical (unpaired) electrons. The Morgan fingerprint density at radius 2 is 2.00 bits per heavy atom. The molecule has 3 N–H and O–H groups in total. The van der Waals surface area contributed by atoms with E-state index < -0.39 is 23.9 Å². The van der Waals surface area contributed by atoms with Gasteiger partial charge in [-0.2, -0.15) is 5.10 Å². The Morgan fingerprint density at radius 1 is 1.20 bits per heavy atom. The van der Waals surface area contributed by atoms with Crippen molar-refractivity contribution in [2.75, 3.05) is 20.3 Å². The van der Waals surface area contributed by atoms with Crippen molar-refractivity contribution in [1.29, 1.82) is 0 Å². The number of hydrazone groups is 1. The standard InChI is InChI=1S/C24H25BrN4O6/c1-4-34-23(31)21-14(2)27-24(32)28-22(21)16-8-9-18(19(11-16)33-3)35-13-20(30)29-26-12-15-6-5-7-17(25)10-15/h5-12,22H,4,13H2,1-3H3,(H,29,30)(H2,27,28,32)/b26-12-/t22-/m1/s1. The van der Waals surface area contributed by atoms with E-state index in [2.05, 4.69) is 37.1 Å². The zero-order chi connectivity index (χ0) is 25.4. The number of halogens is 1. The summed E-state index contributed by atoms with van der Waals surface area (Å²) in [6, 6.07) is 11.1. The van der Waals surface area contributed by atoms with Crippen molar-refractivity contribution in [2.24, 2.45) is 5.10 Å². The smallest absolute Gasteiger partial charge is 0.338 e. The molecule has 0 unspecified atom stereocenters. The third-order valence-corrected chi connectivity index (χ3v) is 5.39. The lowest BCUT2D eigenvalue weighted by molar-refractivity contribution is -0.139. The number of esters is 1. The van der Waals surface area contributed by atoms with Crippen molar-refractivity contribution in [3.05, 3.63) is 69.3 Å². The van der Waals surface area contributed by atoms with Crippen LogP contribution in [0.25, 0.3) is 0 Å². The van der Waals surface area contributed by atoms with Gasteiger partial charge >= 0.3 is 12.0 Å².